The van der Waals surface area contributed by atoms with Gasteiger partial charge in [-0.15, -0.1) is 11.3 Å². The molecule has 33 heavy (non-hydrogen) atoms. The van der Waals surface area contributed by atoms with Gasteiger partial charge in [-0.2, -0.15) is 4.98 Å². The lowest BCUT2D eigenvalue weighted by Crippen LogP contribution is -2.36. The Hall–Kier alpha value is -3.01. The van der Waals surface area contributed by atoms with Crippen LogP contribution in [0.3, 0.4) is 0 Å². The van der Waals surface area contributed by atoms with Crippen LogP contribution in [0.4, 0.5) is 5.69 Å². The fourth-order valence-electron chi connectivity index (χ4n) is 3.81. The Bertz CT molecular complexity index is 1360. The molecule has 0 radical (unpaired) electrons. The molecule has 0 spiro atoms. The van der Waals surface area contributed by atoms with Gasteiger partial charge in [0.05, 0.1) is 23.4 Å². The number of aromatic nitrogens is 3. The van der Waals surface area contributed by atoms with E-state index >= 15 is 0 Å². The first kappa shape index (κ1) is 21.8. The second-order valence-corrected chi connectivity index (χ2v) is 9.02. The first-order valence-electron chi connectivity index (χ1n) is 10.7. The van der Waals surface area contributed by atoms with Crippen LogP contribution >= 0.6 is 22.9 Å². The van der Waals surface area contributed by atoms with Crippen LogP contribution in [0.2, 0.25) is 5.28 Å². The summed E-state index contributed by atoms with van der Waals surface area (Å²) < 4.78 is 12.5. The van der Waals surface area contributed by atoms with Crippen LogP contribution in [0, 0.1) is 0 Å². The van der Waals surface area contributed by atoms with Crippen molar-refractivity contribution in [1.29, 1.82) is 0 Å². The van der Waals surface area contributed by atoms with Crippen molar-refractivity contribution >= 4 is 55.5 Å². The van der Waals surface area contributed by atoms with E-state index in [0.29, 0.717) is 42.0 Å². The minimum atomic E-state index is -0.0356. The van der Waals surface area contributed by atoms with Crippen LogP contribution in [-0.4, -0.2) is 40.1 Å². The summed E-state index contributed by atoms with van der Waals surface area (Å²) in [6.07, 6.45) is 2.46. The Balaban J connectivity index is 1.54. The zero-order chi connectivity index (χ0) is 22.9. The van der Waals surface area contributed by atoms with E-state index in [0.717, 1.165) is 33.1 Å². The van der Waals surface area contributed by atoms with Gasteiger partial charge in [-0.1, -0.05) is 6.92 Å². The summed E-state index contributed by atoms with van der Waals surface area (Å²) in [5.41, 5.74) is 2.30. The third-order valence-corrected chi connectivity index (χ3v) is 6.85. The van der Waals surface area contributed by atoms with Crippen LogP contribution in [0.25, 0.3) is 21.0 Å². The van der Waals surface area contributed by atoms with E-state index in [4.69, 9.17) is 21.1 Å². The molecule has 4 aromatic rings. The highest BCUT2D eigenvalue weighted by atomic mass is 35.5. The first-order valence-corrected chi connectivity index (χ1v) is 11.9. The van der Waals surface area contributed by atoms with Crippen LogP contribution < -0.4 is 15.4 Å². The number of rotatable bonds is 6. The van der Waals surface area contributed by atoms with Crippen LogP contribution in [0.1, 0.15) is 35.5 Å². The molecular weight excluding hydrogens is 462 g/mol. The van der Waals surface area contributed by atoms with Gasteiger partial charge in [0, 0.05) is 46.9 Å². The fraction of sp³-hybridized carbons (Fsp3) is 0.304. The van der Waals surface area contributed by atoms with E-state index in [2.05, 4.69) is 32.5 Å². The normalized spacial score (nSPS) is 15.7. The van der Waals surface area contributed by atoms with Crippen molar-refractivity contribution in [2.75, 3.05) is 18.5 Å². The number of ether oxygens (including phenoxy) is 2. The highest BCUT2D eigenvalue weighted by molar-refractivity contribution is 7.21. The van der Waals surface area contributed by atoms with E-state index in [1.807, 2.05) is 25.1 Å². The van der Waals surface area contributed by atoms with Gasteiger partial charge in [-0.25, -0.2) is 9.97 Å². The van der Waals surface area contributed by atoms with E-state index in [1.54, 1.807) is 12.3 Å². The van der Waals surface area contributed by atoms with Crippen molar-refractivity contribution in [3.63, 3.8) is 0 Å². The second kappa shape index (κ2) is 9.09. The Morgan fingerprint density at radius 1 is 1.21 bits per heavy atom. The molecule has 2 N–H and O–H groups in total. The predicted molar refractivity (Wildman–Crippen MR) is 130 cm³/mol. The molecule has 0 saturated heterocycles. The molecule has 0 saturated carbocycles. The number of halogens is 1. The van der Waals surface area contributed by atoms with Gasteiger partial charge in [0.2, 0.25) is 17.0 Å². The molecule has 0 unspecified atom stereocenters. The molecule has 170 valence electrons. The third-order valence-electron chi connectivity index (χ3n) is 5.51. The Morgan fingerprint density at radius 3 is 2.91 bits per heavy atom. The van der Waals surface area contributed by atoms with Crippen LogP contribution in [-0.2, 0) is 11.3 Å². The third kappa shape index (κ3) is 4.19. The summed E-state index contributed by atoms with van der Waals surface area (Å²) in [7, 11) is 0. The SMILES string of the molecule is CCOCc1cnc(Cl)nc1Oc1ccc2c(ccc3sc4c(c32)NC[C@@H](CC)NC4=O)n1. The molecule has 0 fully saturated rings. The molecule has 5 rings (SSSR count). The summed E-state index contributed by atoms with van der Waals surface area (Å²) in [6, 6.07) is 7.77. The number of thiophene rings is 1. The summed E-state index contributed by atoms with van der Waals surface area (Å²) in [4.78, 5) is 26.4. The number of fused-ring (bicyclic) bond motifs is 5. The lowest BCUT2D eigenvalue weighted by molar-refractivity contribution is 0.0945. The minimum Gasteiger partial charge on any atom is -0.420 e. The maximum atomic E-state index is 12.8. The smallest absolute Gasteiger partial charge is 0.263 e. The maximum absolute atomic E-state index is 12.8. The Kier molecular flexibility index (Phi) is 6.01. The molecule has 1 aromatic carbocycles. The van der Waals surface area contributed by atoms with E-state index in [-0.39, 0.29) is 17.2 Å². The number of nitrogens with one attached hydrogen (secondary N) is 2. The number of nitrogens with zero attached hydrogens (tertiary/aromatic N) is 3. The highest BCUT2D eigenvalue weighted by Gasteiger charge is 2.25. The average Bonchev–Trinajstić information content (AvgIpc) is 3.12. The van der Waals surface area contributed by atoms with Gasteiger partial charge in [0.15, 0.2) is 0 Å². The lowest BCUT2D eigenvalue weighted by atomic mass is 10.1. The van der Waals surface area contributed by atoms with Crippen molar-refractivity contribution in [2.24, 2.45) is 0 Å². The van der Waals surface area contributed by atoms with E-state index in [9.17, 15) is 4.79 Å². The maximum Gasteiger partial charge on any atom is 0.263 e. The van der Waals surface area contributed by atoms with Crippen molar-refractivity contribution in [3.05, 3.63) is 46.2 Å². The lowest BCUT2D eigenvalue weighted by Gasteiger charge is -2.13. The van der Waals surface area contributed by atoms with Gasteiger partial charge in [0.25, 0.3) is 5.91 Å². The quantitative estimate of drug-likeness (QED) is 0.365. The second-order valence-electron chi connectivity index (χ2n) is 7.63. The molecule has 1 atom stereocenters. The molecular formula is C23H22ClN5O3S. The average molecular weight is 484 g/mol. The molecule has 1 aliphatic heterocycles. The van der Waals surface area contributed by atoms with Gasteiger partial charge < -0.3 is 20.1 Å². The molecule has 1 aliphatic rings. The fourth-order valence-corrected chi connectivity index (χ4v) is 5.03. The van der Waals surface area contributed by atoms with Gasteiger partial charge in [-0.3, -0.25) is 4.79 Å². The van der Waals surface area contributed by atoms with E-state index in [1.165, 1.54) is 11.3 Å². The van der Waals surface area contributed by atoms with Crippen LogP contribution in [0.5, 0.6) is 11.8 Å². The predicted octanol–water partition coefficient (Wildman–Crippen LogP) is 5.16. The van der Waals surface area contributed by atoms with Crippen molar-refractivity contribution in [1.82, 2.24) is 20.3 Å². The first-order chi connectivity index (χ1) is 16.1. The summed E-state index contributed by atoms with van der Waals surface area (Å²) in [6.45, 7) is 5.53. The van der Waals surface area contributed by atoms with Gasteiger partial charge >= 0.3 is 0 Å². The minimum absolute atomic E-state index is 0.0356. The molecule has 0 bridgehead atoms. The summed E-state index contributed by atoms with van der Waals surface area (Å²) in [5, 5.41) is 8.61. The molecule has 3 aromatic heterocycles. The number of carbonyl (C=O) groups excluding carboxylic acids is 1. The number of carbonyl (C=O) groups is 1. The van der Waals surface area contributed by atoms with Crippen LogP contribution in [0.15, 0.2) is 30.5 Å². The number of hydrogen-bond acceptors (Lipinski definition) is 8. The zero-order valence-corrected chi connectivity index (χ0v) is 19.7. The van der Waals surface area contributed by atoms with Crippen molar-refractivity contribution in [3.8, 4) is 11.8 Å². The topological polar surface area (TPSA) is 98.3 Å². The molecule has 1 amide bonds. The standard InChI is InChI=1S/C23H22ClN5O3S/c1-3-13-10-25-19-18-14-5-8-17(32-22-12(11-31-4-2)9-26-23(24)29-22)28-15(14)6-7-16(18)33-20(19)21(30)27-13/h5-9,13,25H,3-4,10-11H2,1-2H3,(H,27,30)/t13-/m1/s1. The largest absolute Gasteiger partial charge is 0.420 e. The Labute approximate surface area is 199 Å². The monoisotopic (exact) mass is 483 g/mol. The summed E-state index contributed by atoms with van der Waals surface area (Å²) >= 11 is 7.46. The highest BCUT2D eigenvalue weighted by Crippen LogP contribution is 2.41. The zero-order valence-electron chi connectivity index (χ0n) is 18.1. The number of benzene rings is 1. The van der Waals surface area contributed by atoms with Gasteiger partial charge in [0.1, 0.15) is 4.88 Å². The number of hydrogen-bond donors (Lipinski definition) is 2. The van der Waals surface area contributed by atoms with Gasteiger partial charge in [-0.05, 0) is 43.1 Å². The summed E-state index contributed by atoms with van der Waals surface area (Å²) in [5.74, 6) is 0.656. The molecule has 10 heteroatoms. The number of amides is 1. The Morgan fingerprint density at radius 2 is 2.09 bits per heavy atom. The molecule has 0 aliphatic carbocycles. The van der Waals surface area contributed by atoms with E-state index < -0.39 is 0 Å². The number of pyridine rings is 1. The number of anilines is 1. The molecule has 4 heterocycles. The van der Waals surface area contributed by atoms with Crippen molar-refractivity contribution < 1.29 is 14.3 Å². The van der Waals surface area contributed by atoms with Crippen molar-refractivity contribution in [2.45, 2.75) is 32.9 Å². The molecule has 8 nitrogen and oxygen atoms in total.